The Bertz CT molecular complexity index is 661. The van der Waals surface area contributed by atoms with E-state index < -0.39 is 5.82 Å². The van der Waals surface area contributed by atoms with Crippen LogP contribution in [0.1, 0.15) is 16.1 Å². The standard InChI is InChI=1S/C14H13ClFN3O/c1-8-5-9(6-13(17-2)18-8)14(20)19-12-7-10(16)3-4-11(12)15/h3-7H,1-2H3,(H,17,18)(H,19,20). The maximum absolute atomic E-state index is 13.2. The summed E-state index contributed by atoms with van der Waals surface area (Å²) in [5.41, 5.74) is 1.35. The molecule has 4 nitrogen and oxygen atoms in total. The molecule has 0 atom stereocenters. The van der Waals surface area contributed by atoms with Crippen molar-refractivity contribution in [3.63, 3.8) is 0 Å². The Labute approximate surface area is 121 Å². The maximum atomic E-state index is 13.2. The predicted octanol–water partition coefficient (Wildman–Crippen LogP) is 3.48. The molecule has 0 bridgehead atoms. The van der Waals surface area contributed by atoms with Crippen molar-refractivity contribution in [2.45, 2.75) is 6.92 Å². The van der Waals surface area contributed by atoms with Gasteiger partial charge in [-0.3, -0.25) is 4.79 Å². The summed E-state index contributed by atoms with van der Waals surface area (Å²) in [5.74, 6) is -0.258. The van der Waals surface area contributed by atoms with Crippen molar-refractivity contribution in [3.8, 4) is 0 Å². The molecule has 1 heterocycles. The van der Waals surface area contributed by atoms with Gasteiger partial charge in [-0.05, 0) is 37.3 Å². The van der Waals surface area contributed by atoms with Crippen LogP contribution < -0.4 is 10.6 Å². The second kappa shape index (κ2) is 5.88. The van der Waals surface area contributed by atoms with Gasteiger partial charge in [-0.25, -0.2) is 9.37 Å². The number of aromatic nitrogens is 1. The van der Waals surface area contributed by atoms with E-state index in [2.05, 4.69) is 15.6 Å². The van der Waals surface area contributed by atoms with Gasteiger partial charge >= 0.3 is 0 Å². The number of aryl methyl sites for hydroxylation is 1. The smallest absolute Gasteiger partial charge is 0.255 e. The molecule has 2 rings (SSSR count). The number of nitrogens with zero attached hydrogens (tertiary/aromatic N) is 1. The lowest BCUT2D eigenvalue weighted by Crippen LogP contribution is -2.13. The van der Waals surface area contributed by atoms with E-state index in [0.29, 0.717) is 17.1 Å². The van der Waals surface area contributed by atoms with Crippen molar-refractivity contribution in [1.29, 1.82) is 0 Å². The monoisotopic (exact) mass is 293 g/mol. The Morgan fingerprint density at radius 3 is 2.75 bits per heavy atom. The van der Waals surface area contributed by atoms with Gasteiger partial charge in [0.25, 0.3) is 5.91 Å². The lowest BCUT2D eigenvalue weighted by atomic mass is 10.2. The van der Waals surface area contributed by atoms with Gasteiger partial charge in [0.1, 0.15) is 11.6 Å². The number of halogens is 2. The summed E-state index contributed by atoms with van der Waals surface area (Å²) in [5, 5.41) is 5.73. The number of nitrogens with one attached hydrogen (secondary N) is 2. The van der Waals surface area contributed by atoms with Crippen LogP contribution in [-0.2, 0) is 0 Å². The van der Waals surface area contributed by atoms with Gasteiger partial charge in [0, 0.05) is 18.3 Å². The lowest BCUT2D eigenvalue weighted by molar-refractivity contribution is 0.102. The van der Waals surface area contributed by atoms with E-state index in [9.17, 15) is 9.18 Å². The Morgan fingerprint density at radius 1 is 1.30 bits per heavy atom. The fourth-order valence-corrected chi connectivity index (χ4v) is 1.88. The molecule has 0 saturated carbocycles. The van der Waals surface area contributed by atoms with Crippen LogP contribution in [0, 0.1) is 12.7 Å². The molecule has 0 unspecified atom stereocenters. The number of hydrogen-bond acceptors (Lipinski definition) is 3. The van der Waals surface area contributed by atoms with Crippen LogP contribution in [0.25, 0.3) is 0 Å². The molecule has 1 aromatic carbocycles. The zero-order valence-electron chi connectivity index (χ0n) is 11.0. The third-order valence-corrected chi connectivity index (χ3v) is 2.98. The van der Waals surface area contributed by atoms with E-state index in [1.165, 1.54) is 18.2 Å². The molecule has 1 amide bonds. The predicted molar refractivity (Wildman–Crippen MR) is 77.9 cm³/mol. The molecule has 2 N–H and O–H groups in total. The molecule has 0 radical (unpaired) electrons. The first-order chi connectivity index (χ1) is 9.49. The largest absolute Gasteiger partial charge is 0.373 e. The molecule has 0 aliphatic rings. The Hall–Kier alpha value is -2.14. The van der Waals surface area contributed by atoms with E-state index >= 15 is 0 Å². The highest BCUT2D eigenvalue weighted by Crippen LogP contribution is 2.23. The summed E-state index contributed by atoms with van der Waals surface area (Å²) in [7, 11) is 1.72. The fraction of sp³-hybridized carbons (Fsp3) is 0.143. The quantitative estimate of drug-likeness (QED) is 0.911. The minimum absolute atomic E-state index is 0.233. The van der Waals surface area contributed by atoms with Crippen LogP contribution in [0.4, 0.5) is 15.9 Å². The second-order valence-corrected chi connectivity index (χ2v) is 4.62. The summed E-state index contributed by atoms with van der Waals surface area (Å²) in [6.07, 6.45) is 0. The minimum Gasteiger partial charge on any atom is -0.373 e. The van der Waals surface area contributed by atoms with Gasteiger partial charge in [-0.1, -0.05) is 11.6 Å². The van der Waals surface area contributed by atoms with Crippen LogP contribution >= 0.6 is 11.6 Å². The zero-order valence-corrected chi connectivity index (χ0v) is 11.8. The average molecular weight is 294 g/mol. The zero-order chi connectivity index (χ0) is 14.7. The van der Waals surface area contributed by atoms with Crippen molar-refractivity contribution >= 4 is 29.0 Å². The van der Waals surface area contributed by atoms with Crippen LogP contribution in [-0.4, -0.2) is 17.9 Å². The van der Waals surface area contributed by atoms with Crippen LogP contribution in [0.2, 0.25) is 5.02 Å². The first-order valence-corrected chi connectivity index (χ1v) is 6.30. The second-order valence-electron chi connectivity index (χ2n) is 4.21. The molecule has 0 spiro atoms. The molecule has 104 valence electrons. The van der Waals surface area contributed by atoms with Gasteiger partial charge in [-0.15, -0.1) is 0 Å². The first-order valence-electron chi connectivity index (χ1n) is 5.92. The normalized spacial score (nSPS) is 10.2. The van der Waals surface area contributed by atoms with Crippen LogP contribution in [0.5, 0.6) is 0 Å². The first kappa shape index (κ1) is 14.3. The van der Waals surface area contributed by atoms with Crippen molar-refractivity contribution in [2.75, 3.05) is 17.7 Å². The number of amides is 1. The topological polar surface area (TPSA) is 54.0 Å². The average Bonchev–Trinajstić information content (AvgIpc) is 2.42. The van der Waals surface area contributed by atoms with E-state index in [4.69, 9.17) is 11.6 Å². The summed E-state index contributed by atoms with van der Waals surface area (Å²) in [6.45, 7) is 1.78. The van der Waals surface area contributed by atoms with Crippen LogP contribution in [0.15, 0.2) is 30.3 Å². The van der Waals surface area contributed by atoms with Gasteiger partial charge in [0.15, 0.2) is 0 Å². The number of rotatable bonds is 3. The van der Waals surface area contributed by atoms with Crippen molar-refractivity contribution in [3.05, 3.63) is 52.4 Å². The molecule has 1 aromatic heterocycles. The van der Waals surface area contributed by atoms with Gasteiger partial charge < -0.3 is 10.6 Å². The summed E-state index contributed by atoms with van der Waals surface area (Å²) < 4.78 is 13.2. The van der Waals surface area contributed by atoms with Gasteiger partial charge in [0.05, 0.1) is 10.7 Å². The SMILES string of the molecule is CNc1cc(C(=O)Nc2cc(F)ccc2Cl)cc(C)n1. The number of pyridine rings is 1. The molecule has 6 heteroatoms. The summed E-state index contributed by atoms with van der Waals surface area (Å²) in [4.78, 5) is 16.3. The molecular weight excluding hydrogens is 281 g/mol. The van der Waals surface area contributed by atoms with Crippen molar-refractivity contribution in [1.82, 2.24) is 4.98 Å². The van der Waals surface area contributed by atoms with E-state index in [-0.39, 0.29) is 16.6 Å². The number of benzene rings is 1. The molecule has 0 fully saturated rings. The minimum atomic E-state index is -0.466. The molecule has 0 saturated heterocycles. The van der Waals surface area contributed by atoms with Crippen molar-refractivity contribution < 1.29 is 9.18 Å². The highest BCUT2D eigenvalue weighted by molar-refractivity contribution is 6.33. The Balaban J connectivity index is 2.28. The number of hydrogen-bond donors (Lipinski definition) is 2. The Morgan fingerprint density at radius 2 is 2.05 bits per heavy atom. The highest BCUT2D eigenvalue weighted by Gasteiger charge is 2.11. The summed E-state index contributed by atoms with van der Waals surface area (Å²) in [6, 6.07) is 7.04. The molecular formula is C14H13ClFN3O. The Kier molecular flexibility index (Phi) is 4.20. The molecule has 0 aliphatic carbocycles. The third kappa shape index (κ3) is 3.24. The van der Waals surface area contributed by atoms with E-state index in [1.54, 1.807) is 26.1 Å². The molecule has 20 heavy (non-hydrogen) atoms. The maximum Gasteiger partial charge on any atom is 0.255 e. The van der Waals surface area contributed by atoms with Crippen molar-refractivity contribution in [2.24, 2.45) is 0 Å². The number of carbonyl (C=O) groups excluding carboxylic acids is 1. The van der Waals surface area contributed by atoms with E-state index in [1.807, 2.05) is 0 Å². The third-order valence-electron chi connectivity index (χ3n) is 2.65. The molecule has 2 aromatic rings. The number of anilines is 2. The van der Waals surface area contributed by atoms with Gasteiger partial charge in [-0.2, -0.15) is 0 Å². The van der Waals surface area contributed by atoms with Gasteiger partial charge in [0.2, 0.25) is 0 Å². The highest BCUT2D eigenvalue weighted by atomic mass is 35.5. The lowest BCUT2D eigenvalue weighted by Gasteiger charge is -2.09. The van der Waals surface area contributed by atoms with Crippen LogP contribution in [0.3, 0.4) is 0 Å². The molecule has 0 aliphatic heterocycles. The summed E-state index contributed by atoms with van der Waals surface area (Å²) >= 11 is 5.91. The number of carbonyl (C=O) groups is 1. The van der Waals surface area contributed by atoms with E-state index in [0.717, 1.165) is 0 Å². The fourth-order valence-electron chi connectivity index (χ4n) is 1.72.